The lowest BCUT2D eigenvalue weighted by atomic mass is 9.69. The molecule has 0 heterocycles. The lowest BCUT2D eigenvalue weighted by molar-refractivity contribution is 0.795. The van der Waals surface area contributed by atoms with Crippen molar-refractivity contribution in [3.05, 3.63) is 362 Å². The second-order valence-corrected chi connectivity index (χ2v) is 30.2. The largest absolute Gasteiger partial charge is 0.0726 e. The molecule has 0 N–H and O–H groups in total. The van der Waals surface area contributed by atoms with Gasteiger partial charge in [0.25, 0.3) is 0 Å². The molecule has 0 bridgehead atoms. The van der Waals surface area contributed by atoms with Crippen molar-refractivity contribution in [3.63, 3.8) is 0 Å². The Morgan fingerprint density at radius 1 is 0.124 bits per heavy atom. The first kappa shape index (κ1) is 55.2. The van der Waals surface area contributed by atoms with E-state index in [0.29, 0.717) is 0 Å². The summed E-state index contributed by atoms with van der Waals surface area (Å²) in [6, 6.07) is 132. The minimum absolute atomic E-state index is 0.808. The molecule has 26 rings (SSSR count). The van der Waals surface area contributed by atoms with Crippen molar-refractivity contribution >= 4 is 172 Å². The van der Waals surface area contributed by atoms with Crippen LogP contribution in [0.4, 0.5) is 0 Å². The van der Waals surface area contributed by atoms with Crippen molar-refractivity contribution in [2.75, 3.05) is 0 Å². The van der Waals surface area contributed by atoms with Crippen LogP contribution in [0.1, 0.15) is 22.3 Å². The Kier molecular flexibility index (Phi) is 10.3. The summed E-state index contributed by atoms with van der Waals surface area (Å²) in [5, 5.41) is 41.6. The van der Waals surface area contributed by atoms with Crippen LogP contribution in [0.2, 0.25) is 0 Å². The van der Waals surface area contributed by atoms with Gasteiger partial charge in [-0.25, -0.2) is 0 Å². The first-order valence-corrected chi connectivity index (χ1v) is 37.0. The van der Waals surface area contributed by atoms with E-state index in [1.54, 1.807) is 0 Å². The molecule has 1 spiro atoms. The van der Waals surface area contributed by atoms with E-state index in [9.17, 15) is 0 Å². The second kappa shape index (κ2) is 19.6. The topological polar surface area (TPSA) is 0 Å². The van der Waals surface area contributed by atoms with E-state index in [0.717, 1.165) is 0 Å². The first-order valence-electron chi connectivity index (χ1n) is 37.0. The molecule has 24 aromatic rings. The standard InChI is InChI=1S/C105H56/c1-13-57-17-5-25-81-89-49-45-65(73-29-9-33-85(101(73)89)77(21-1)97(57)81)61-37-41-69-70-42-38-62(66-46-50-90-82-26-6-18-58-14-2-22-78(98(58)82)86-34-10-30-74(66)102(86)90)54-94(70)105(93(69)53-61)95-55-63(67-47-51-91-83-27-7-19-59-15-3-23-79(99(59)83)87-35-11-31-75(67)103(87)91)39-43-71(95)72-44-40-64(56-96(72)105)68-48-52-92-84-28-8-20-60-16-4-24-80(100(60)84)88-36-12-32-76(68)104(88)92/h1-56H. The molecule has 2 aliphatic carbocycles. The lowest BCUT2D eigenvalue weighted by Gasteiger charge is -2.32. The lowest BCUT2D eigenvalue weighted by Crippen LogP contribution is -2.26. The molecule has 0 fully saturated rings. The van der Waals surface area contributed by atoms with Crippen LogP contribution in [-0.2, 0) is 5.41 Å². The molecule has 0 saturated carbocycles. The number of hydrogen-bond donors (Lipinski definition) is 0. The van der Waals surface area contributed by atoms with Crippen LogP contribution in [-0.4, -0.2) is 0 Å². The zero-order valence-corrected chi connectivity index (χ0v) is 56.8. The average Bonchev–Trinajstić information content (AvgIpc) is 1.61. The normalized spacial score (nSPS) is 13.4. The Morgan fingerprint density at radius 2 is 0.286 bits per heavy atom. The zero-order chi connectivity index (χ0) is 67.8. The fourth-order valence-corrected chi connectivity index (χ4v) is 21.5. The van der Waals surface area contributed by atoms with Gasteiger partial charge in [-0.05, 0) is 286 Å². The van der Waals surface area contributed by atoms with E-state index in [4.69, 9.17) is 0 Å². The monoisotopic (exact) mass is 1320 g/mol. The van der Waals surface area contributed by atoms with E-state index in [2.05, 4.69) is 340 Å². The van der Waals surface area contributed by atoms with Crippen molar-refractivity contribution in [1.82, 2.24) is 0 Å². The van der Waals surface area contributed by atoms with Gasteiger partial charge in [0.15, 0.2) is 0 Å². The number of fused-ring (bicyclic) bond motifs is 18. The molecule has 0 aromatic heterocycles. The molecule has 476 valence electrons. The SMILES string of the molecule is c1cc2cccc3c4ccc(-c5ccc6c(c5)C5(c7cc(-c8ccc9c%10cccc%11cccc(c%12cccc8c%129)c%11%10)ccc7-6)c6cc(-c7ccc8c9cccc%10cccc(c%11cccc7c%118)c%109)ccc6-c6ccc(-c7ccc8c9cccc%10cccc(c%11cccc7c%118)c%109)cc65)c5cccc(c(c1)c23)c54. The van der Waals surface area contributed by atoms with Gasteiger partial charge in [0.2, 0.25) is 0 Å². The number of benzene rings is 24. The third-order valence-corrected chi connectivity index (χ3v) is 25.6. The zero-order valence-electron chi connectivity index (χ0n) is 56.8. The van der Waals surface area contributed by atoms with E-state index >= 15 is 0 Å². The van der Waals surface area contributed by atoms with Crippen molar-refractivity contribution in [1.29, 1.82) is 0 Å². The van der Waals surface area contributed by atoms with Gasteiger partial charge < -0.3 is 0 Å². The highest BCUT2D eigenvalue weighted by Gasteiger charge is 2.52. The van der Waals surface area contributed by atoms with Crippen molar-refractivity contribution < 1.29 is 0 Å². The van der Waals surface area contributed by atoms with Crippen LogP contribution < -0.4 is 0 Å². The third-order valence-electron chi connectivity index (χ3n) is 25.6. The Balaban J connectivity index is 0.777. The molecule has 0 unspecified atom stereocenters. The highest BCUT2D eigenvalue weighted by Crippen LogP contribution is 2.65. The van der Waals surface area contributed by atoms with Gasteiger partial charge in [0, 0.05) is 0 Å². The van der Waals surface area contributed by atoms with E-state index in [1.807, 2.05) is 0 Å². The molecule has 0 aliphatic heterocycles. The number of hydrogen-bond acceptors (Lipinski definition) is 0. The van der Waals surface area contributed by atoms with Crippen LogP contribution in [0.25, 0.3) is 239 Å². The van der Waals surface area contributed by atoms with Crippen molar-refractivity contribution in [2.24, 2.45) is 0 Å². The maximum absolute atomic E-state index is 2.64. The molecule has 2 aliphatic rings. The molecule has 0 nitrogen and oxygen atoms in total. The van der Waals surface area contributed by atoms with Gasteiger partial charge in [-0.1, -0.05) is 315 Å². The molecule has 24 aromatic carbocycles. The predicted octanol–water partition coefficient (Wildman–Crippen LogP) is 28.9. The highest BCUT2D eigenvalue weighted by atomic mass is 14.5. The van der Waals surface area contributed by atoms with E-state index in [1.165, 1.54) is 261 Å². The Labute approximate surface area is 602 Å². The summed E-state index contributed by atoms with van der Waals surface area (Å²) in [4.78, 5) is 0. The van der Waals surface area contributed by atoms with Gasteiger partial charge in [0.1, 0.15) is 0 Å². The molecule has 0 atom stereocenters. The molecule has 0 saturated heterocycles. The second-order valence-electron chi connectivity index (χ2n) is 30.2. The highest BCUT2D eigenvalue weighted by molar-refractivity contribution is 6.38. The summed E-state index contributed by atoms with van der Waals surface area (Å²) in [6.45, 7) is 0. The van der Waals surface area contributed by atoms with Crippen LogP contribution in [0.5, 0.6) is 0 Å². The third kappa shape index (κ3) is 6.81. The number of rotatable bonds is 4. The van der Waals surface area contributed by atoms with Gasteiger partial charge >= 0.3 is 0 Å². The van der Waals surface area contributed by atoms with E-state index < -0.39 is 5.41 Å². The van der Waals surface area contributed by atoms with Gasteiger partial charge in [-0.2, -0.15) is 0 Å². The Morgan fingerprint density at radius 3 is 0.495 bits per heavy atom. The average molecular weight is 1320 g/mol. The van der Waals surface area contributed by atoms with Crippen LogP contribution in [0.15, 0.2) is 340 Å². The molecule has 105 heavy (non-hydrogen) atoms. The predicted molar refractivity (Wildman–Crippen MR) is 449 cm³/mol. The van der Waals surface area contributed by atoms with Gasteiger partial charge in [-0.15, -0.1) is 0 Å². The van der Waals surface area contributed by atoms with Crippen LogP contribution >= 0.6 is 0 Å². The smallest absolute Gasteiger partial charge is 0.0610 e. The summed E-state index contributed by atoms with van der Waals surface area (Å²) < 4.78 is 0. The first-order chi connectivity index (χ1) is 52.1. The van der Waals surface area contributed by atoms with Crippen molar-refractivity contribution in [2.45, 2.75) is 5.41 Å². The van der Waals surface area contributed by atoms with Crippen LogP contribution in [0, 0.1) is 0 Å². The summed E-state index contributed by atoms with van der Waals surface area (Å²) in [5.41, 5.74) is 19.3. The molecular formula is C105H56. The van der Waals surface area contributed by atoms with Crippen LogP contribution in [0.3, 0.4) is 0 Å². The molecular weight excluding hydrogens is 1260 g/mol. The maximum atomic E-state index is 2.64. The van der Waals surface area contributed by atoms with E-state index in [-0.39, 0.29) is 0 Å². The Hall–Kier alpha value is -13.5. The fraction of sp³-hybridized carbons (Fsp3) is 0.00952. The minimum atomic E-state index is -0.808. The quantitative estimate of drug-likeness (QED) is 0.122. The summed E-state index contributed by atoms with van der Waals surface area (Å²) >= 11 is 0. The summed E-state index contributed by atoms with van der Waals surface area (Å²) in [6.07, 6.45) is 0. The van der Waals surface area contributed by atoms with Crippen molar-refractivity contribution in [3.8, 4) is 66.8 Å². The van der Waals surface area contributed by atoms with Gasteiger partial charge in [-0.3, -0.25) is 0 Å². The Bertz CT molecular complexity index is 6920. The molecule has 0 radical (unpaired) electrons. The van der Waals surface area contributed by atoms with Gasteiger partial charge in [0.05, 0.1) is 5.41 Å². The maximum Gasteiger partial charge on any atom is 0.0726 e. The fourth-order valence-electron chi connectivity index (χ4n) is 21.5. The minimum Gasteiger partial charge on any atom is -0.0610 e. The summed E-state index contributed by atoms with van der Waals surface area (Å²) in [5.74, 6) is 0. The molecule has 0 amide bonds. The molecule has 0 heteroatoms. The summed E-state index contributed by atoms with van der Waals surface area (Å²) in [7, 11) is 0.